The van der Waals surface area contributed by atoms with Crippen molar-refractivity contribution in [3.63, 3.8) is 0 Å². The molecular formula is C23H24N2O. The second-order valence-electron chi connectivity index (χ2n) is 6.92. The molecule has 1 aliphatic carbocycles. The Balaban J connectivity index is 1.72. The summed E-state index contributed by atoms with van der Waals surface area (Å²) in [5.41, 5.74) is 9.11. The van der Waals surface area contributed by atoms with E-state index in [1.54, 1.807) is 7.11 Å². The van der Waals surface area contributed by atoms with Gasteiger partial charge in [0, 0.05) is 24.5 Å². The third-order valence-corrected chi connectivity index (χ3v) is 5.32. The Hall–Kier alpha value is -2.68. The Morgan fingerprint density at radius 2 is 2.04 bits per heavy atom. The number of aliphatic imine (C=N–C) groups is 1. The molecule has 2 aromatic rings. The van der Waals surface area contributed by atoms with Gasteiger partial charge in [0.25, 0.3) is 0 Å². The van der Waals surface area contributed by atoms with Crippen LogP contribution in [-0.2, 0) is 6.42 Å². The summed E-state index contributed by atoms with van der Waals surface area (Å²) in [4.78, 5) is 9.08. The summed E-state index contributed by atoms with van der Waals surface area (Å²) in [6, 6.07) is 10.5. The summed E-state index contributed by atoms with van der Waals surface area (Å²) in [5, 5.41) is 0. The zero-order valence-corrected chi connectivity index (χ0v) is 15.5. The molecule has 0 saturated heterocycles. The highest BCUT2D eigenvalue weighted by molar-refractivity contribution is 6.13. The van der Waals surface area contributed by atoms with E-state index in [9.17, 15) is 0 Å². The van der Waals surface area contributed by atoms with Gasteiger partial charge in [-0.1, -0.05) is 12.1 Å². The number of aryl methyl sites for hydroxylation is 1. The fraction of sp³-hybridized carbons (Fsp3) is 0.304. The number of hydrogen-bond acceptors (Lipinski definition) is 3. The van der Waals surface area contributed by atoms with Crippen molar-refractivity contribution in [3.05, 3.63) is 76.6 Å². The number of rotatable bonds is 3. The number of hydrogen-bond donors (Lipinski definition) is 0. The first kappa shape index (κ1) is 16.8. The summed E-state index contributed by atoms with van der Waals surface area (Å²) in [6.07, 6.45) is 10.4. The molecule has 2 aliphatic rings. The molecule has 0 N–H and O–H groups in total. The van der Waals surface area contributed by atoms with E-state index in [4.69, 9.17) is 9.73 Å². The lowest BCUT2D eigenvalue weighted by Gasteiger charge is -2.22. The molecule has 0 unspecified atom stereocenters. The maximum atomic E-state index is 5.38. The average Bonchev–Trinajstić information content (AvgIpc) is 2.71. The minimum Gasteiger partial charge on any atom is -0.497 e. The zero-order valence-electron chi connectivity index (χ0n) is 15.5. The van der Waals surface area contributed by atoms with Crippen molar-refractivity contribution in [2.45, 2.75) is 32.6 Å². The summed E-state index contributed by atoms with van der Waals surface area (Å²) in [7, 11) is 1.73. The molecule has 0 saturated carbocycles. The van der Waals surface area contributed by atoms with Crippen LogP contribution in [0.15, 0.2) is 64.9 Å². The van der Waals surface area contributed by atoms with E-state index in [0.29, 0.717) is 0 Å². The summed E-state index contributed by atoms with van der Waals surface area (Å²) >= 11 is 0. The second kappa shape index (κ2) is 7.28. The third kappa shape index (κ3) is 3.22. The predicted octanol–water partition coefficient (Wildman–Crippen LogP) is 5.02. The molecule has 1 aromatic heterocycles. The van der Waals surface area contributed by atoms with Gasteiger partial charge in [0.1, 0.15) is 5.75 Å². The molecule has 3 nitrogen and oxygen atoms in total. The Bertz CT molecular complexity index is 907. The number of pyridine rings is 1. The Morgan fingerprint density at radius 3 is 2.85 bits per heavy atom. The van der Waals surface area contributed by atoms with Crippen LogP contribution in [0.5, 0.6) is 5.75 Å². The van der Waals surface area contributed by atoms with Crippen LogP contribution in [-0.4, -0.2) is 24.4 Å². The Morgan fingerprint density at radius 1 is 1.12 bits per heavy atom. The average molecular weight is 344 g/mol. The number of ether oxygens (including phenoxy) is 1. The first-order chi connectivity index (χ1) is 12.8. The summed E-state index contributed by atoms with van der Waals surface area (Å²) in [5.74, 6) is 0.941. The van der Waals surface area contributed by atoms with Crippen molar-refractivity contribution in [3.8, 4) is 5.75 Å². The van der Waals surface area contributed by atoms with E-state index >= 15 is 0 Å². The van der Waals surface area contributed by atoms with Gasteiger partial charge in [-0.2, -0.15) is 0 Å². The van der Waals surface area contributed by atoms with Crippen LogP contribution < -0.4 is 4.74 Å². The van der Waals surface area contributed by atoms with Crippen LogP contribution in [0.2, 0.25) is 0 Å². The molecule has 2 heterocycles. The minimum atomic E-state index is 0.905. The molecule has 0 amide bonds. The molecule has 1 aliphatic heterocycles. The number of nitrogens with zero attached hydrogens (tertiary/aromatic N) is 2. The lowest BCUT2D eigenvalue weighted by molar-refractivity contribution is 0.414. The van der Waals surface area contributed by atoms with Gasteiger partial charge in [-0.05, 0) is 84.7 Å². The van der Waals surface area contributed by atoms with E-state index in [-0.39, 0.29) is 0 Å². The van der Waals surface area contributed by atoms with Gasteiger partial charge in [0.2, 0.25) is 0 Å². The van der Waals surface area contributed by atoms with Crippen LogP contribution in [0, 0.1) is 0 Å². The minimum absolute atomic E-state index is 0.905. The first-order valence-corrected chi connectivity index (χ1v) is 9.29. The van der Waals surface area contributed by atoms with E-state index in [0.717, 1.165) is 49.3 Å². The number of benzene rings is 1. The fourth-order valence-electron chi connectivity index (χ4n) is 3.89. The van der Waals surface area contributed by atoms with Crippen molar-refractivity contribution in [1.29, 1.82) is 0 Å². The summed E-state index contributed by atoms with van der Waals surface area (Å²) in [6.45, 7) is 3.14. The second-order valence-corrected chi connectivity index (χ2v) is 6.92. The van der Waals surface area contributed by atoms with Gasteiger partial charge < -0.3 is 4.74 Å². The molecule has 4 rings (SSSR count). The molecule has 26 heavy (non-hydrogen) atoms. The van der Waals surface area contributed by atoms with E-state index in [2.05, 4.69) is 42.2 Å². The smallest absolute Gasteiger partial charge is 0.119 e. The van der Waals surface area contributed by atoms with Crippen molar-refractivity contribution < 1.29 is 4.74 Å². The van der Waals surface area contributed by atoms with Gasteiger partial charge in [-0.15, -0.1) is 0 Å². The highest BCUT2D eigenvalue weighted by Crippen LogP contribution is 2.35. The number of aromatic nitrogens is 1. The predicted molar refractivity (Wildman–Crippen MR) is 107 cm³/mol. The maximum absolute atomic E-state index is 5.38. The van der Waals surface area contributed by atoms with Gasteiger partial charge in [0.05, 0.1) is 12.8 Å². The molecular weight excluding hydrogens is 320 g/mol. The number of fused-ring (bicyclic) bond motifs is 1. The quantitative estimate of drug-likeness (QED) is 0.783. The molecule has 3 heteroatoms. The molecule has 0 spiro atoms. The normalized spacial score (nSPS) is 18.5. The van der Waals surface area contributed by atoms with Crippen molar-refractivity contribution in [2.75, 3.05) is 13.7 Å². The standard InChI is InChI=1S/C23H24N2O/c1-16-17(7-8-18-14-21(26-2)9-10-22(16)18)13-19-5-4-12-25-23(19)20-6-3-11-24-15-20/h3,6,9-11,13-15H,4-5,7-8,12H2,1-2H3. The van der Waals surface area contributed by atoms with E-state index < -0.39 is 0 Å². The van der Waals surface area contributed by atoms with Crippen molar-refractivity contribution in [2.24, 2.45) is 4.99 Å². The molecule has 0 radical (unpaired) electrons. The lowest BCUT2D eigenvalue weighted by Crippen LogP contribution is -2.13. The van der Waals surface area contributed by atoms with Gasteiger partial charge in [-0.3, -0.25) is 9.98 Å². The molecule has 0 atom stereocenters. The Kier molecular flexibility index (Phi) is 4.70. The first-order valence-electron chi connectivity index (χ1n) is 9.29. The molecule has 132 valence electrons. The monoisotopic (exact) mass is 344 g/mol. The number of methoxy groups -OCH3 is 1. The molecule has 0 fully saturated rings. The van der Waals surface area contributed by atoms with Crippen molar-refractivity contribution >= 4 is 11.3 Å². The van der Waals surface area contributed by atoms with Crippen LogP contribution in [0.4, 0.5) is 0 Å². The van der Waals surface area contributed by atoms with Crippen LogP contribution >= 0.6 is 0 Å². The number of allylic oxidation sites excluding steroid dienone is 4. The van der Waals surface area contributed by atoms with Gasteiger partial charge in [0.15, 0.2) is 0 Å². The Labute approximate surface area is 155 Å². The largest absolute Gasteiger partial charge is 0.497 e. The zero-order chi connectivity index (χ0) is 17.9. The van der Waals surface area contributed by atoms with Crippen LogP contribution in [0.25, 0.3) is 5.57 Å². The van der Waals surface area contributed by atoms with Crippen molar-refractivity contribution in [1.82, 2.24) is 4.98 Å². The molecule has 1 aromatic carbocycles. The molecule has 0 bridgehead atoms. The lowest BCUT2D eigenvalue weighted by atomic mass is 9.84. The van der Waals surface area contributed by atoms with Crippen LogP contribution in [0.3, 0.4) is 0 Å². The van der Waals surface area contributed by atoms with E-state index in [1.165, 1.54) is 27.8 Å². The summed E-state index contributed by atoms with van der Waals surface area (Å²) < 4.78 is 5.38. The van der Waals surface area contributed by atoms with Gasteiger partial charge >= 0.3 is 0 Å². The highest BCUT2D eigenvalue weighted by Gasteiger charge is 2.19. The van der Waals surface area contributed by atoms with Gasteiger partial charge in [-0.25, -0.2) is 0 Å². The third-order valence-electron chi connectivity index (χ3n) is 5.32. The SMILES string of the molecule is COc1ccc2c(c1)CCC(C=C1CCCN=C1c1cccnc1)=C2C. The topological polar surface area (TPSA) is 34.5 Å². The maximum Gasteiger partial charge on any atom is 0.119 e. The fourth-order valence-corrected chi connectivity index (χ4v) is 3.89. The highest BCUT2D eigenvalue weighted by atomic mass is 16.5. The van der Waals surface area contributed by atoms with Crippen LogP contribution in [0.1, 0.15) is 42.9 Å². The van der Waals surface area contributed by atoms with E-state index in [1.807, 2.05) is 18.5 Å².